The topological polar surface area (TPSA) is 43.7 Å². The Morgan fingerprint density at radius 1 is 1.00 bits per heavy atom. The van der Waals surface area contributed by atoms with Gasteiger partial charge in [-0.3, -0.25) is 4.90 Å². The highest BCUT2D eigenvalue weighted by atomic mass is 16.3. The van der Waals surface area contributed by atoms with Crippen molar-refractivity contribution in [3.8, 4) is 0 Å². The maximum absolute atomic E-state index is 9.95. The van der Waals surface area contributed by atoms with Crippen molar-refractivity contribution in [2.45, 2.75) is 69.7 Å². The van der Waals surface area contributed by atoms with Gasteiger partial charge in [0.2, 0.25) is 0 Å². The summed E-state index contributed by atoms with van der Waals surface area (Å²) in [6.07, 6.45) is 5.69. The highest BCUT2D eigenvalue weighted by Gasteiger charge is 2.42. The van der Waals surface area contributed by atoms with Crippen LogP contribution < -0.4 is 0 Å². The molecule has 2 bridgehead atoms. The summed E-state index contributed by atoms with van der Waals surface area (Å²) in [5.74, 6) is 0. The smallest absolute Gasteiger partial charge is 0.0696 e. The zero-order valence-corrected chi connectivity index (χ0v) is 9.60. The van der Waals surface area contributed by atoms with E-state index in [-0.39, 0.29) is 12.2 Å². The van der Waals surface area contributed by atoms with E-state index in [2.05, 4.69) is 11.8 Å². The number of aliphatic hydroxyl groups is 2. The maximum atomic E-state index is 9.95. The molecule has 3 nitrogen and oxygen atoms in total. The molecule has 2 fully saturated rings. The van der Waals surface area contributed by atoms with Gasteiger partial charge in [-0.25, -0.2) is 0 Å². The lowest BCUT2D eigenvalue weighted by Gasteiger charge is -2.50. The van der Waals surface area contributed by atoms with Crippen molar-refractivity contribution in [1.29, 1.82) is 0 Å². The van der Waals surface area contributed by atoms with Gasteiger partial charge in [-0.15, -0.1) is 0 Å². The Hall–Kier alpha value is -0.120. The first-order chi connectivity index (χ1) is 7.24. The first-order valence-corrected chi connectivity index (χ1v) is 6.36. The molecular formula is C12H23NO2. The molecule has 0 aromatic rings. The molecular weight excluding hydrogens is 190 g/mol. The van der Waals surface area contributed by atoms with Crippen molar-refractivity contribution in [2.24, 2.45) is 0 Å². The third-order valence-corrected chi connectivity index (χ3v) is 4.03. The first-order valence-electron chi connectivity index (χ1n) is 6.36. The summed E-state index contributed by atoms with van der Waals surface area (Å²) in [4.78, 5) is 2.37. The van der Waals surface area contributed by atoms with Crippen molar-refractivity contribution >= 4 is 0 Å². The summed E-state index contributed by atoms with van der Waals surface area (Å²) in [5.41, 5.74) is 0. The highest BCUT2D eigenvalue weighted by molar-refractivity contribution is 4.97. The SMILES string of the molecule is CCCCN1C2CCC(O)C1CCC2O. The van der Waals surface area contributed by atoms with E-state index < -0.39 is 0 Å². The normalized spacial score (nSPS) is 41.8. The van der Waals surface area contributed by atoms with E-state index >= 15 is 0 Å². The average Bonchev–Trinajstić information content (AvgIpc) is 2.23. The van der Waals surface area contributed by atoms with Crippen molar-refractivity contribution in [2.75, 3.05) is 6.54 Å². The third kappa shape index (κ3) is 2.19. The van der Waals surface area contributed by atoms with Crippen LogP contribution in [0.4, 0.5) is 0 Å². The van der Waals surface area contributed by atoms with Crippen LogP contribution in [0.5, 0.6) is 0 Å². The summed E-state index contributed by atoms with van der Waals surface area (Å²) in [6, 6.07) is 0.636. The lowest BCUT2D eigenvalue weighted by Crippen LogP contribution is -2.60. The molecule has 0 amide bonds. The van der Waals surface area contributed by atoms with E-state index in [0.717, 1.165) is 32.2 Å². The Balaban J connectivity index is 2.03. The lowest BCUT2D eigenvalue weighted by atomic mass is 9.81. The molecule has 2 heterocycles. The van der Waals surface area contributed by atoms with Crippen molar-refractivity contribution < 1.29 is 10.2 Å². The van der Waals surface area contributed by atoms with Crippen LogP contribution in [0.1, 0.15) is 45.4 Å². The number of hydrogen-bond donors (Lipinski definition) is 2. The molecule has 2 N–H and O–H groups in total. The summed E-state index contributed by atoms with van der Waals surface area (Å²) in [5, 5.41) is 19.9. The van der Waals surface area contributed by atoms with Crippen molar-refractivity contribution in [3.63, 3.8) is 0 Å². The van der Waals surface area contributed by atoms with Gasteiger partial charge in [0.15, 0.2) is 0 Å². The number of rotatable bonds is 3. The van der Waals surface area contributed by atoms with Crippen molar-refractivity contribution in [1.82, 2.24) is 4.90 Å². The van der Waals surface area contributed by atoms with E-state index in [1.165, 1.54) is 12.8 Å². The van der Waals surface area contributed by atoms with Gasteiger partial charge in [-0.05, 0) is 38.6 Å². The van der Waals surface area contributed by atoms with E-state index in [1.54, 1.807) is 0 Å². The fraction of sp³-hybridized carbons (Fsp3) is 1.00. The zero-order valence-electron chi connectivity index (χ0n) is 9.60. The maximum Gasteiger partial charge on any atom is 0.0696 e. The van der Waals surface area contributed by atoms with Gasteiger partial charge in [0.05, 0.1) is 12.2 Å². The first kappa shape index (κ1) is 11.4. The molecule has 4 unspecified atom stereocenters. The minimum Gasteiger partial charge on any atom is -0.391 e. The summed E-state index contributed by atoms with van der Waals surface area (Å²) in [6.45, 7) is 3.23. The molecule has 88 valence electrons. The molecule has 0 aliphatic carbocycles. The fourth-order valence-electron chi connectivity index (χ4n) is 3.14. The number of nitrogens with zero attached hydrogens (tertiary/aromatic N) is 1. The van der Waals surface area contributed by atoms with E-state index in [9.17, 15) is 10.2 Å². The molecule has 2 aliphatic rings. The molecule has 0 spiro atoms. The second-order valence-corrected chi connectivity index (χ2v) is 5.02. The lowest BCUT2D eigenvalue weighted by molar-refractivity contribution is -0.0977. The van der Waals surface area contributed by atoms with Gasteiger partial charge in [0, 0.05) is 12.1 Å². The molecule has 2 saturated heterocycles. The summed E-state index contributed by atoms with van der Waals surface area (Å²) >= 11 is 0. The monoisotopic (exact) mass is 213 g/mol. The number of unbranched alkanes of at least 4 members (excludes halogenated alkanes) is 1. The molecule has 2 aliphatic heterocycles. The highest BCUT2D eigenvalue weighted by Crippen LogP contribution is 2.34. The Morgan fingerprint density at radius 2 is 1.53 bits per heavy atom. The Kier molecular flexibility index (Phi) is 3.65. The van der Waals surface area contributed by atoms with Crippen LogP contribution in [0.15, 0.2) is 0 Å². The molecule has 0 radical (unpaired) electrons. The van der Waals surface area contributed by atoms with Crippen LogP contribution in [0.3, 0.4) is 0 Å². The molecule has 0 aromatic carbocycles. The van der Waals surface area contributed by atoms with Crippen LogP contribution in [0.2, 0.25) is 0 Å². The molecule has 2 rings (SSSR count). The quantitative estimate of drug-likeness (QED) is 0.739. The molecule has 0 saturated carbocycles. The van der Waals surface area contributed by atoms with Gasteiger partial charge in [-0.1, -0.05) is 13.3 Å². The van der Waals surface area contributed by atoms with Crippen molar-refractivity contribution in [3.05, 3.63) is 0 Å². The second-order valence-electron chi connectivity index (χ2n) is 5.02. The van der Waals surface area contributed by atoms with Crippen LogP contribution in [-0.4, -0.2) is 45.9 Å². The minimum absolute atomic E-state index is 0.161. The Bertz CT molecular complexity index is 192. The van der Waals surface area contributed by atoms with E-state index in [0.29, 0.717) is 12.1 Å². The number of fused-ring (bicyclic) bond motifs is 2. The fourth-order valence-corrected chi connectivity index (χ4v) is 3.14. The predicted molar refractivity (Wildman–Crippen MR) is 59.7 cm³/mol. The number of hydrogen-bond acceptors (Lipinski definition) is 3. The zero-order chi connectivity index (χ0) is 10.8. The van der Waals surface area contributed by atoms with Crippen LogP contribution in [-0.2, 0) is 0 Å². The summed E-state index contributed by atoms with van der Waals surface area (Å²) in [7, 11) is 0. The minimum atomic E-state index is -0.161. The van der Waals surface area contributed by atoms with E-state index in [4.69, 9.17) is 0 Å². The van der Waals surface area contributed by atoms with E-state index in [1.807, 2.05) is 0 Å². The van der Waals surface area contributed by atoms with Crippen LogP contribution >= 0.6 is 0 Å². The largest absolute Gasteiger partial charge is 0.391 e. The molecule has 15 heavy (non-hydrogen) atoms. The van der Waals surface area contributed by atoms with Gasteiger partial charge < -0.3 is 10.2 Å². The van der Waals surface area contributed by atoms with Crippen LogP contribution in [0.25, 0.3) is 0 Å². The standard InChI is InChI=1S/C12H23NO2/c1-2-3-8-13-9-4-6-11(14)10(13)5-7-12(9)15/h9-12,14-15H,2-8H2,1H3. The predicted octanol–water partition coefficient (Wildman–Crippen LogP) is 1.14. The van der Waals surface area contributed by atoms with Gasteiger partial charge in [0.1, 0.15) is 0 Å². The Morgan fingerprint density at radius 3 is 2.00 bits per heavy atom. The summed E-state index contributed by atoms with van der Waals surface area (Å²) < 4.78 is 0. The molecule has 4 atom stereocenters. The average molecular weight is 213 g/mol. The van der Waals surface area contributed by atoms with Gasteiger partial charge >= 0.3 is 0 Å². The van der Waals surface area contributed by atoms with Gasteiger partial charge in [0.25, 0.3) is 0 Å². The number of piperidine rings is 2. The second kappa shape index (κ2) is 4.81. The van der Waals surface area contributed by atoms with Gasteiger partial charge in [-0.2, -0.15) is 0 Å². The molecule has 0 aromatic heterocycles. The Labute approximate surface area is 92.1 Å². The molecule has 3 heteroatoms. The van der Waals surface area contributed by atoms with Crippen LogP contribution in [0, 0.1) is 0 Å². The third-order valence-electron chi connectivity index (χ3n) is 4.03. The number of aliphatic hydroxyl groups excluding tert-OH is 2.